The number of nitrogens with zero attached hydrogens (tertiary/aromatic N) is 1. The molecule has 0 saturated carbocycles. The molecule has 2 aliphatic heterocycles. The first-order valence-electron chi connectivity index (χ1n) is 9.28. The number of aliphatic imine (C=N–C) groups is 1. The summed E-state index contributed by atoms with van der Waals surface area (Å²) in [5, 5.41) is 2.29. The van der Waals surface area contributed by atoms with Gasteiger partial charge in [0.1, 0.15) is 11.4 Å². The molecular formula is C21H18F4N2O3. The minimum Gasteiger partial charge on any atom is -0.451 e. The molecule has 0 spiro atoms. The molecule has 1 N–H and O–H groups in total. The number of hydrogen-bond donors (Lipinski definition) is 1. The maximum atomic E-state index is 14.7. The quantitative estimate of drug-likeness (QED) is 0.749. The molecule has 158 valence electrons. The Labute approximate surface area is 169 Å². The van der Waals surface area contributed by atoms with Gasteiger partial charge in [-0.2, -0.15) is 13.2 Å². The SMILES string of the molecule is CC1OCC2(c3ccccc3F)N=C(NC(=O)c3ccccc3)OC(C(F)(F)F)C12. The molecule has 1 amide bonds. The van der Waals surface area contributed by atoms with Crippen LogP contribution < -0.4 is 5.32 Å². The van der Waals surface area contributed by atoms with E-state index in [1.165, 1.54) is 37.3 Å². The van der Waals surface area contributed by atoms with Crippen molar-refractivity contribution in [2.45, 2.75) is 30.8 Å². The fraction of sp³-hybridized carbons (Fsp3) is 0.333. The Balaban J connectivity index is 1.81. The first-order chi connectivity index (χ1) is 14.2. The van der Waals surface area contributed by atoms with E-state index in [-0.39, 0.29) is 17.7 Å². The molecule has 4 rings (SSSR count). The summed E-state index contributed by atoms with van der Waals surface area (Å²) in [4.78, 5) is 16.8. The lowest BCUT2D eigenvalue weighted by molar-refractivity contribution is -0.227. The van der Waals surface area contributed by atoms with E-state index in [4.69, 9.17) is 9.47 Å². The molecule has 0 bridgehead atoms. The molecule has 0 aromatic heterocycles. The summed E-state index contributed by atoms with van der Waals surface area (Å²) in [7, 11) is 0. The van der Waals surface area contributed by atoms with E-state index in [9.17, 15) is 22.4 Å². The molecule has 2 aliphatic rings. The number of rotatable bonds is 2. The van der Waals surface area contributed by atoms with Gasteiger partial charge in [0.15, 0.2) is 0 Å². The monoisotopic (exact) mass is 422 g/mol. The van der Waals surface area contributed by atoms with Crippen molar-refractivity contribution in [2.75, 3.05) is 6.61 Å². The largest absolute Gasteiger partial charge is 0.451 e. The van der Waals surface area contributed by atoms with Crippen LogP contribution in [0, 0.1) is 11.7 Å². The van der Waals surface area contributed by atoms with Crippen LogP contribution in [0.15, 0.2) is 59.6 Å². The van der Waals surface area contributed by atoms with Gasteiger partial charge in [-0.15, -0.1) is 0 Å². The highest BCUT2D eigenvalue weighted by Crippen LogP contribution is 2.51. The smallest absolute Gasteiger partial charge is 0.426 e. The van der Waals surface area contributed by atoms with Gasteiger partial charge in [0.25, 0.3) is 11.9 Å². The van der Waals surface area contributed by atoms with Crippen molar-refractivity contribution in [3.8, 4) is 0 Å². The zero-order valence-electron chi connectivity index (χ0n) is 15.8. The number of hydrogen-bond acceptors (Lipinski definition) is 4. The van der Waals surface area contributed by atoms with Gasteiger partial charge in [0.2, 0.25) is 6.10 Å². The predicted octanol–water partition coefficient (Wildman–Crippen LogP) is 3.80. The van der Waals surface area contributed by atoms with E-state index >= 15 is 0 Å². The maximum Gasteiger partial charge on any atom is 0.426 e. The van der Waals surface area contributed by atoms with Crippen LogP contribution in [0.4, 0.5) is 17.6 Å². The van der Waals surface area contributed by atoms with Crippen LogP contribution in [0.25, 0.3) is 0 Å². The Morgan fingerprint density at radius 3 is 2.47 bits per heavy atom. The number of carbonyl (C=O) groups is 1. The minimum atomic E-state index is -4.79. The molecule has 2 aromatic carbocycles. The number of carbonyl (C=O) groups excluding carboxylic acids is 1. The molecule has 9 heteroatoms. The van der Waals surface area contributed by atoms with Crippen LogP contribution >= 0.6 is 0 Å². The van der Waals surface area contributed by atoms with Gasteiger partial charge < -0.3 is 9.47 Å². The lowest BCUT2D eigenvalue weighted by Crippen LogP contribution is -2.56. The molecule has 4 atom stereocenters. The Morgan fingerprint density at radius 1 is 1.13 bits per heavy atom. The van der Waals surface area contributed by atoms with Gasteiger partial charge >= 0.3 is 6.18 Å². The number of alkyl halides is 3. The Morgan fingerprint density at radius 2 is 1.80 bits per heavy atom. The zero-order valence-corrected chi connectivity index (χ0v) is 15.8. The lowest BCUT2D eigenvalue weighted by Gasteiger charge is -2.41. The molecule has 0 aliphatic carbocycles. The second-order valence-electron chi connectivity index (χ2n) is 7.26. The van der Waals surface area contributed by atoms with E-state index in [1.807, 2.05) is 0 Å². The van der Waals surface area contributed by atoms with E-state index in [2.05, 4.69) is 10.3 Å². The molecule has 2 aromatic rings. The molecule has 1 fully saturated rings. The first kappa shape index (κ1) is 20.3. The molecule has 30 heavy (non-hydrogen) atoms. The minimum absolute atomic E-state index is 0.0386. The van der Waals surface area contributed by atoms with Crippen LogP contribution in [-0.2, 0) is 15.0 Å². The van der Waals surface area contributed by atoms with E-state index < -0.39 is 47.6 Å². The molecule has 0 radical (unpaired) electrons. The summed E-state index contributed by atoms with van der Waals surface area (Å²) in [6.07, 6.45) is -8.02. The van der Waals surface area contributed by atoms with Gasteiger partial charge in [0.05, 0.1) is 18.6 Å². The van der Waals surface area contributed by atoms with E-state index in [0.717, 1.165) is 6.07 Å². The van der Waals surface area contributed by atoms with Crippen molar-refractivity contribution in [1.29, 1.82) is 0 Å². The van der Waals surface area contributed by atoms with Gasteiger partial charge in [0, 0.05) is 11.1 Å². The van der Waals surface area contributed by atoms with Gasteiger partial charge in [-0.05, 0) is 25.1 Å². The summed E-state index contributed by atoms with van der Waals surface area (Å²) in [6.45, 7) is 1.19. The van der Waals surface area contributed by atoms with Crippen molar-refractivity contribution in [3.05, 3.63) is 71.5 Å². The topological polar surface area (TPSA) is 59.9 Å². The van der Waals surface area contributed by atoms with Crippen molar-refractivity contribution in [1.82, 2.24) is 5.32 Å². The van der Waals surface area contributed by atoms with Crippen molar-refractivity contribution < 1.29 is 31.8 Å². The van der Waals surface area contributed by atoms with Crippen LogP contribution in [0.5, 0.6) is 0 Å². The number of halogens is 4. The third kappa shape index (κ3) is 3.43. The predicted molar refractivity (Wildman–Crippen MR) is 99.3 cm³/mol. The lowest BCUT2D eigenvalue weighted by atomic mass is 9.74. The third-order valence-electron chi connectivity index (χ3n) is 5.41. The third-order valence-corrected chi connectivity index (χ3v) is 5.41. The van der Waals surface area contributed by atoms with Gasteiger partial charge in [-0.25, -0.2) is 9.38 Å². The highest BCUT2D eigenvalue weighted by atomic mass is 19.4. The molecular weight excluding hydrogens is 404 g/mol. The summed E-state index contributed by atoms with van der Waals surface area (Å²) < 4.78 is 67.1. The summed E-state index contributed by atoms with van der Waals surface area (Å²) >= 11 is 0. The number of nitrogens with one attached hydrogen (secondary N) is 1. The second kappa shape index (κ2) is 7.39. The average Bonchev–Trinajstić information content (AvgIpc) is 3.05. The number of amides is 1. The van der Waals surface area contributed by atoms with E-state index in [0.29, 0.717) is 0 Å². The molecule has 5 nitrogen and oxygen atoms in total. The first-order valence-corrected chi connectivity index (χ1v) is 9.28. The van der Waals surface area contributed by atoms with Crippen molar-refractivity contribution in [2.24, 2.45) is 10.9 Å². The van der Waals surface area contributed by atoms with Crippen molar-refractivity contribution in [3.63, 3.8) is 0 Å². The number of amidine groups is 1. The molecule has 1 saturated heterocycles. The summed E-state index contributed by atoms with van der Waals surface area (Å²) in [5.74, 6) is -2.73. The van der Waals surface area contributed by atoms with Crippen LogP contribution in [-0.4, -0.2) is 36.9 Å². The van der Waals surface area contributed by atoms with Crippen LogP contribution in [0.2, 0.25) is 0 Å². The number of ether oxygens (including phenoxy) is 2. The fourth-order valence-corrected chi connectivity index (χ4v) is 4.07. The van der Waals surface area contributed by atoms with Crippen molar-refractivity contribution >= 4 is 11.9 Å². The van der Waals surface area contributed by atoms with Crippen LogP contribution in [0.3, 0.4) is 0 Å². The van der Waals surface area contributed by atoms with Gasteiger partial charge in [-0.3, -0.25) is 10.1 Å². The van der Waals surface area contributed by atoms with E-state index in [1.54, 1.807) is 18.2 Å². The standard InChI is InChI=1S/C21H18F4N2O3/c1-12-16-17(21(23,24)25)30-19(26-18(28)13-7-3-2-4-8-13)27-20(16,11-29-12)14-9-5-6-10-15(14)22/h2-10,12,16-17H,11H2,1H3,(H,26,27,28). The Kier molecular flexibility index (Phi) is 5.01. The Bertz CT molecular complexity index is 980. The average molecular weight is 422 g/mol. The summed E-state index contributed by atoms with van der Waals surface area (Å²) in [6, 6.07) is 12.8. The normalized spacial score (nSPS) is 28.3. The van der Waals surface area contributed by atoms with Crippen LogP contribution in [0.1, 0.15) is 22.8 Å². The highest BCUT2D eigenvalue weighted by molar-refractivity contribution is 6.04. The fourth-order valence-electron chi connectivity index (χ4n) is 4.07. The highest BCUT2D eigenvalue weighted by Gasteiger charge is 2.64. The number of fused-ring (bicyclic) bond motifs is 1. The van der Waals surface area contributed by atoms with Gasteiger partial charge in [-0.1, -0.05) is 36.4 Å². The zero-order chi connectivity index (χ0) is 21.5. The Hall–Kier alpha value is -2.94. The second-order valence-corrected chi connectivity index (χ2v) is 7.26. The number of benzene rings is 2. The summed E-state index contributed by atoms with van der Waals surface area (Å²) in [5.41, 5.74) is -1.52. The molecule has 4 unspecified atom stereocenters. The maximum absolute atomic E-state index is 14.7. The molecule has 2 heterocycles.